The molecule has 2 aromatic heterocycles. The Bertz CT molecular complexity index is 747. The molecule has 106 valence electrons. The molecule has 0 saturated carbocycles. The smallest absolute Gasteiger partial charge is 0.277 e. The van der Waals surface area contributed by atoms with Crippen LogP contribution in [0.4, 0.5) is 5.82 Å². The van der Waals surface area contributed by atoms with Crippen LogP contribution in [0.25, 0.3) is 11.0 Å². The first-order valence-electron chi connectivity index (χ1n) is 6.06. The quantitative estimate of drug-likeness (QED) is 0.424. The third-order valence-electron chi connectivity index (χ3n) is 3.54. The fourth-order valence-electron chi connectivity index (χ4n) is 2.51. The van der Waals surface area contributed by atoms with Gasteiger partial charge in [0.25, 0.3) is 5.56 Å². The largest absolute Gasteiger partial charge is 0.392 e. The highest BCUT2D eigenvalue weighted by atomic mass is 16.3. The second kappa shape index (κ2) is 4.44. The van der Waals surface area contributed by atoms with Crippen molar-refractivity contribution in [1.29, 1.82) is 0 Å². The van der Waals surface area contributed by atoms with Crippen LogP contribution in [0.3, 0.4) is 0 Å². The van der Waals surface area contributed by atoms with Gasteiger partial charge in [-0.2, -0.15) is 0 Å². The topological polar surface area (TPSA) is 137 Å². The summed E-state index contributed by atoms with van der Waals surface area (Å²) < 4.78 is 1.55. The van der Waals surface area contributed by atoms with Gasteiger partial charge in [-0.15, -0.1) is 0 Å². The van der Waals surface area contributed by atoms with E-state index in [4.69, 9.17) is 10.8 Å². The third-order valence-corrected chi connectivity index (χ3v) is 3.54. The molecule has 0 fully saturated rings. The van der Waals surface area contributed by atoms with Crippen LogP contribution in [0.1, 0.15) is 6.04 Å². The summed E-state index contributed by atoms with van der Waals surface area (Å²) in [5.41, 5.74) is 6.18. The van der Waals surface area contributed by atoms with Crippen molar-refractivity contribution in [2.45, 2.75) is 18.2 Å². The summed E-state index contributed by atoms with van der Waals surface area (Å²) in [5, 5.41) is 29.0. The number of aromatic nitrogens is 3. The molecule has 0 saturated heterocycles. The number of aromatic amines is 1. The van der Waals surface area contributed by atoms with Gasteiger partial charge in [0.1, 0.15) is 18.0 Å². The van der Waals surface area contributed by atoms with Crippen molar-refractivity contribution in [3.63, 3.8) is 0 Å². The van der Waals surface area contributed by atoms with Gasteiger partial charge >= 0.3 is 0 Å². The van der Waals surface area contributed by atoms with E-state index in [2.05, 4.69) is 9.97 Å². The Kier molecular flexibility index (Phi) is 2.85. The van der Waals surface area contributed by atoms with Crippen molar-refractivity contribution in [1.82, 2.24) is 14.5 Å². The molecule has 0 bridgehead atoms. The van der Waals surface area contributed by atoms with E-state index in [-0.39, 0.29) is 17.9 Å². The number of hydrogen-bond acceptors (Lipinski definition) is 6. The maximum atomic E-state index is 11.7. The van der Waals surface area contributed by atoms with Crippen molar-refractivity contribution >= 4 is 16.9 Å². The van der Waals surface area contributed by atoms with Crippen molar-refractivity contribution < 1.29 is 15.3 Å². The highest BCUT2D eigenvalue weighted by molar-refractivity contribution is 5.77. The Hall–Kier alpha value is -2.16. The number of H-pyrrole nitrogens is 1. The van der Waals surface area contributed by atoms with E-state index >= 15 is 0 Å². The van der Waals surface area contributed by atoms with Crippen LogP contribution in [-0.2, 0) is 0 Å². The average Bonchev–Trinajstić information content (AvgIpc) is 2.93. The minimum absolute atomic E-state index is 0.184. The van der Waals surface area contributed by atoms with Crippen molar-refractivity contribution in [3.8, 4) is 0 Å². The highest BCUT2D eigenvalue weighted by Crippen LogP contribution is 2.31. The number of fused-ring (bicyclic) bond motifs is 1. The minimum Gasteiger partial charge on any atom is -0.392 e. The first-order chi connectivity index (χ1) is 9.52. The van der Waals surface area contributed by atoms with Crippen molar-refractivity contribution in [2.24, 2.45) is 0 Å². The van der Waals surface area contributed by atoms with Gasteiger partial charge in [-0.05, 0) is 5.57 Å². The number of nitrogen functional groups attached to an aromatic ring is 1. The van der Waals surface area contributed by atoms with E-state index in [1.165, 1.54) is 12.4 Å². The lowest BCUT2D eigenvalue weighted by Crippen LogP contribution is -2.30. The monoisotopic (exact) mass is 278 g/mol. The van der Waals surface area contributed by atoms with Gasteiger partial charge in [-0.1, -0.05) is 6.08 Å². The van der Waals surface area contributed by atoms with Crippen LogP contribution in [0.2, 0.25) is 0 Å². The summed E-state index contributed by atoms with van der Waals surface area (Å²) in [7, 11) is 0. The molecule has 0 amide bonds. The molecule has 0 aromatic carbocycles. The molecule has 1 unspecified atom stereocenters. The molecular formula is C12H14N4O4. The molecule has 0 spiro atoms. The van der Waals surface area contributed by atoms with Crippen molar-refractivity contribution in [2.75, 3.05) is 12.3 Å². The Morgan fingerprint density at radius 3 is 2.85 bits per heavy atom. The van der Waals surface area contributed by atoms with Gasteiger partial charge in [0, 0.05) is 6.07 Å². The molecule has 0 aliphatic heterocycles. The Morgan fingerprint density at radius 2 is 2.20 bits per heavy atom. The van der Waals surface area contributed by atoms with Crippen LogP contribution in [0, 0.1) is 0 Å². The van der Waals surface area contributed by atoms with Gasteiger partial charge in [0.2, 0.25) is 0 Å². The number of nitrogens with zero attached hydrogens (tertiary/aromatic N) is 2. The molecule has 2 heterocycles. The molecule has 3 rings (SSSR count). The first-order valence-corrected chi connectivity index (χ1v) is 6.06. The molecule has 8 heteroatoms. The van der Waals surface area contributed by atoms with E-state index in [1.54, 1.807) is 10.6 Å². The fourth-order valence-corrected chi connectivity index (χ4v) is 2.51. The number of aliphatic hydroxyl groups excluding tert-OH is 3. The summed E-state index contributed by atoms with van der Waals surface area (Å²) in [6, 6.07) is 0.923. The Morgan fingerprint density at radius 1 is 1.45 bits per heavy atom. The van der Waals surface area contributed by atoms with Gasteiger partial charge in [0.05, 0.1) is 24.5 Å². The van der Waals surface area contributed by atoms with Crippen LogP contribution in [0.15, 0.2) is 28.8 Å². The number of nitrogens with one attached hydrogen (secondary N) is 1. The lowest BCUT2D eigenvalue weighted by atomic mass is 10.1. The van der Waals surface area contributed by atoms with Gasteiger partial charge in [-0.25, -0.2) is 4.98 Å². The third kappa shape index (κ3) is 1.73. The zero-order valence-corrected chi connectivity index (χ0v) is 10.4. The van der Waals surface area contributed by atoms with Crippen LogP contribution < -0.4 is 11.3 Å². The van der Waals surface area contributed by atoms with E-state index in [1.807, 2.05) is 0 Å². The summed E-state index contributed by atoms with van der Waals surface area (Å²) in [5.74, 6) is 0.184. The molecule has 6 N–H and O–H groups in total. The molecular weight excluding hydrogens is 264 g/mol. The molecule has 1 aliphatic rings. The summed E-state index contributed by atoms with van der Waals surface area (Å²) in [6.45, 7) is -0.343. The zero-order chi connectivity index (χ0) is 14.4. The number of anilines is 1. The van der Waals surface area contributed by atoms with E-state index in [9.17, 15) is 15.0 Å². The Labute approximate surface area is 112 Å². The predicted molar refractivity (Wildman–Crippen MR) is 71.0 cm³/mol. The maximum absolute atomic E-state index is 11.7. The van der Waals surface area contributed by atoms with Crippen molar-refractivity contribution in [3.05, 3.63) is 34.4 Å². The lowest BCUT2D eigenvalue weighted by Gasteiger charge is -2.19. The zero-order valence-electron chi connectivity index (χ0n) is 10.4. The normalized spacial score (nSPS) is 26.1. The van der Waals surface area contributed by atoms with E-state index < -0.39 is 23.8 Å². The van der Waals surface area contributed by atoms with E-state index in [0.29, 0.717) is 11.1 Å². The number of imidazole rings is 1. The van der Waals surface area contributed by atoms with Crippen LogP contribution in [-0.4, -0.2) is 48.7 Å². The average molecular weight is 278 g/mol. The van der Waals surface area contributed by atoms with Gasteiger partial charge in [0.15, 0.2) is 5.52 Å². The summed E-state index contributed by atoms with van der Waals surface area (Å²) in [4.78, 5) is 18.1. The molecule has 20 heavy (non-hydrogen) atoms. The molecule has 0 radical (unpaired) electrons. The summed E-state index contributed by atoms with van der Waals surface area (Å²) >= 11 is 0. The van der Waals surface area contributed by atoms with Gasteiger partial charge in [-0.3, -0.25) is 4.79 Å². The number of pyridine rings is 1. The molecule has 2 aromatic rings. The minimum atomic E-state index is -1.14. The molecule has 3 atom stereocenters. The molecule has 1 aliphatic carbocycles. The second-order valence-electron chi connectivity index (χ2n) is 4.77. The lowest BCUT2D eigenvalue weighted by molar-refractivity contribution is 0.0288. The fraction of sp³-hybridized carbons (Fsp3) is 0.333. The Balaban J connectivity index is 2.16. The maximum Gasteiger partial charge on any atom is 0.277 e. The number of aliphatic hydroxyl groups is 3. The summed E-state index contributed by atoms with van der Waals surface area (Å²) in [6.07, 6.45) is 0.710. The molecule has 8 nitrogen and oxygen atoms in total. The standard InChI is InChI=1S/C12H14N4O4/c13-8-2-6-9(12(20)15-8)14-4-16(6)7-1-5(3-17)10(18)11(7)19/h1-2,4,7,10-11,17-19H,3H2,(H3,13,15,20)/t7-,10+,11?/m1/s1. The number of hydrogen-bond donors (Lipinski definition) is 5. The number of rotatable bonds is 2. The SMILES string of the molecule is Nc1cc2c(ncn2[C@@H]2C=C(CO)[C@H](O)C2O)c(=O)[nH]1. The van der Waals surface area contributed by atoms with E-state index in [0.717, 1.165) is 0 Å². The second-order valence-corrected chi connectivity index (χ2v) is 4.77. The van der Waals surface area contributed by atoms with Crippen LogP contribution >= 0.6 is 0 Å². The number of nitrogens with two attached hydrogens (primary N) is 1. The first kappa shape index (κ1) is 12.9. The van der Waals surface area contributed by atoms with Crippen LogP contribution in [0.5, 0.6) is 0 Å². The highest BCUT2D eigenvalue weighted by Gasteiger charge is 2.35. The van der Waals surface area contributed by atoms with Gasteiger partial charge < -0.3 is 30.6 Å². The predicted octanol–water partition coefficient (Wildman–Crippen LogP) is -1.50.